The normalized spacial score (nSPS) is 17.1. The van der Waals surface area contributed by atoms with Crippen LogP contribution in [-0.2, 0) is 4.79 Å². The molecule has 0 aromatic carbocycles. The first-order chi connectivity index (χ1) is 8.93. The summed E-state index contributed by atoms with van der Waals surface area (Å²) in [7, 11) is 0. The first kappa shape index (κ1) is 13.1. The van der Waals surface area contributed by atoms with E-state index in [1.165, 1.54) is 0 Å². The summed E-state index contributed by atoms with van der Waals surface area (Å²) in [6, 6.07) is 0.918. The quantitative estimate of drug-likeness (QED) is 0.568. The molecule has 0 bridgehead atoms. The Labute approximate surface area is 106 Å². The summed E-state index contributed by atoms with van der Waals surface area (Å²) >= 11 is 0. The van der Waals surface area contributed by atoms with Crippen molar-refractivity contribution in [2.75, 3.05) is 0 Å². The van der Waals surface area contributed by atoms with Crippen LogP contribution in [0.25, 0.3) is 0 Å². The molecular weight excluding hydrogens is 254 g/mol. The summed E-state index contributed by atoms with van der Waals surface area (Å²) in [5.74, 6) is -1.88. The van der Waals surface area contributed by atoms with Crippen molar-refractivity contribution in [3.63, 3.8) is 0 Å². The van der Waals surface area contributed by atoms with E-state index in [0.29, 0.717) is 25.7 Å². The Hall–Kier alpha value is -2.38. The maximum atomic E-state index is 11.9. The molecule has 0 saturated heterocycles. The molecule has 0 aliphatic heterocycles. The number of nitrogens with one attached hydrogen (secondary N) is 3. The Morgan fingerprint density at radius 2 is 1.84 bits per heavy atom. The predicted octanol–water partition coefficient (Wildman–Crippen LogP) is -0.810. The molecule has 102 valence electrons. The fraction of sp³-hybridized carbons (Fsp3) is 0.455. The third-order valence-electron chi connectivity index (χ3n) is 3.22. The van der Waals surface area contributed by atoms with Gasteiger partial charge in [0.15, 0.2) is 0 Å². The van der Waals surface area contributed by atoms with E-state index in [9.17, 15) is 24.3 Å². The van der Waals surface area contributed by atoms with E-state index in [-0.39, 0.29) is 5.69 Å². The second-order valence-corrected chi connectivity index (χ2v) is 4.55. The van der Waals surface area contributed by atoms with Gasteiger partial charge in [-0.05, 0) is 12.8 Å². The first-order valence-electron chi connectivity index (χ1n) is 5.82. The van der Waals surface area contributed by atoms with Gasteiger partial charge in [-0.3, -0.25) is 14.6 Å². The monoisotopic (exact) mass is 267 g/mol. The molecule has 19 heavy (non-hydrogen) atoms. The first-order valence-corrected chi connectivity index (χ1v) is 5.82. The number of carbonyl (C=O) groups excluding carboxylic acids is 1. The van der Waals surface area contributed by atoms with Crippen LogP contribution in [0.15, 0.2) is 15.7 Å². The largest absolute Gasteiger partial charge is 0.480 e. The molecule has 0 atom stereocenters. The van der Waals surface area contributed by atoms with Gasteiger partial charge in [-0.15, -0.1) is 0 Å². The summed E-state index contributed by atoms with van der Waals surface area (Å²) in [6.07, 6.45) is 2.08. The van der Waals surface area contributed by atoms with Crippen molar-refractivity contribution in [1.82, 2.24) is 15.3 Å². The predicted molar refractivity (Wildman–Crippen MR) is 64.0 cm³/mol. The molecule has 1 aromatic rings. The topological polar surface area (TPSA) is 132 Å². The molecule has 0 spiro atoms. The van der Waals surface area contributed by atoms with Crippen LogP contribution < -0.4 is 16.6 Å². The number of rotatable bonds is 3. The summed E-state index contributed by atoms with van der Waals surface area (Å²) in [5.41, 5.74) is -3.09. The van der Waals surface area contributed by atoms with Crippen LogP contribution in [0.1, 0.15) is 36.2 Å². The average Bonchev–Trinajstić information content (AvgIpc) is 2.77. The number of aromatic nitrogens is 2. The van der Waals surface area contributed by atoms with Crippen LogP contribution in [0.2, 0.25) is 0 Å². The number of amides is 1. The average molecular weight is 267 g/mol. The Kier molecular flexibility index (Phi) is 3.24. The van der Waals surface area contributed by atoms with Crippen molar-refractivity contribution >= 4 is 11.9 Å². The van der Waals surface area contributed by atoms with Crippen LogP contribution in [0.3, 0.4) is 0 Å². The summed E-state index contributed by atoms with van der Waals surface area (Å²) in [4.78, 5) is 49.4. The Balaban J connectivity index is 2.27. The summed E-state index contributed by atoms with van der Waals surface area (Å²) in [5, 5.41) is 11.6. The van der Waals surface area contributed by atoms with Crippen LogP contribution in [0, 0.1) is 0 Å². The second kappa shape index (κ2) is 4.71. The molecule has 1 fully saturated rings. The molecule has 8 heteroatoms. The molecule has 1 amide bonds. The molecule has 0 unspecified atom stereocenters. The SMILES string of the molecule is O=C(NC1(C(=O)O)CCCC1)c1cc(=O)[nH]c(=O)[nH]1. The van der Waals surface area contributed by atoms with Gasteiger partial charge in [0, 0.05) is 6.07 Å². The van der Waals surface area contributed by atoms with Gasteiger partial charge in [0.1, 0.15) is 11.2 Å². The molecule has 4 N–H and O–H groups in total. The van der Waals surface area contributed by atoms with Gasteiger partial charge in [0.05, 0.1) is 0 Å². The van der Waals surface area contributed by atoms with Gasteiger partial charge in [-0.1, -0.05) is 12.8 Å². The fourth-order valence-electron chi connectivity index (χ4n) is 2.25. The van der Waals surface area contributed by atoms with E-state index in [2.05, 4.69) is 10.3 Å². The summed E-state index contributed by atoms with van der Waals surface area (Å²) in [6.45, 7) is 0. The van der Waals surface area contributed by atoms with E-state index < -0.39 is 28.7 Å². The van der Waals surface area contributed by atoms with E-state index in [0.717, 1.165) is 6.07 Å². The van der Waals surface area contributed by atoms with Crippen molar-refractivity contribution in [2.45, 2.75) is 31.2 Å². The van der Waals surface area contributed by atoms with Gasteiger partial charge < -0.3 is 15.4 Å². The number of hydrogen-bond donors (Lipinski definition) is 4. The molecule has 1 saturated carbocycles. The lowest BCUT2D eigenvalue weighted by Gasteiger charge is -2.25. The van der Waals surface area contributed by atoms with Crippen LogP contribution >= 0.6 is 0 Å². The minimum absolute atomic E-state index is 0.249. The molecular formula is C11H13N3O5. The van der Waals surface area contributed by atoms with Crippen LogP contribution in [-0.4, -0.2) is 32.5 Å². The smallest absolute Gasteiger partial charge is 0.329 e. The lowest BCUT2D eigenvalue weighted by Crippen LogP contribution is -2.53. The zero-order chi connectivity index (χ0) is 14.0. The van der Waals surface area contributed by atoms with Crippen molar-refractivity contribution < 1.29 is 14.7 Å². The van der Waals surface area contributed by atoms with Gasteiger partial charge in [0.25, 0.3) is 11.5 Å². The van der Waals surface area contributed by atoms with E-state index in [1.54, 1.807) is 0 Å². The molecule has 0 radical (unpaired) electrons. The highest BCUT2D eigenvalue weighted by molar-refractivity contribution is 5.96. The minimum atomic E-state index is -1.31. The third kappa shape index (κ3) is 2.56. The Morgan fingerprint density at radius 1 is 1.21 bits per heavy atom. The number of hydrogen-bond acceptors (Lipinski definition) is 4. The van der Waals surface area contributed by atoms with Crippen molar-refractivity contribution in [1.29, 1.82) is 0 Å². The molecule has 1 aliphatic carbocycles. The van der Waals surface area contributed by atoms with Crippen molar-refractivity contribution in [3.8, 4) is 0 Å². The fourth-order valence-corrected chi connectivity index (χ4v) is 2.25. The zero-order valence-electron chi connectivity index (χ0n) is 9.99. The number of aromatic amines is 2. The van der Waals surface area contributed by atoms with Crippen LogP contribution in [0.5, 0.6) is 0 Å². The highest BCUT2D eigenvalue weighted by Crippen LogP contribution is 2.30. The number of H-pyrrole nitrogens is 2. The van der Waals surface area contributed by atoms with Gasteiger partial charge >= 0.3 is 11.7 Å². The van der Waals surface area contributed by atoms with Crippen LogP contribution in [0.4, 0.5) is 0 Å². The minimum Gasteiger partial charge on any atom is -0.480 e. The van der Waals surface area contributed by atoms with Crippen molar-refractivity contribution in [2.24, 2.45) is 0 Å². The summed E-state index contributed by atoms with van der Waals surface area (Å²) < 4.78 is 0. The molecule has 2 rings (SSSR count). The second-order valence-electron chi connectivity index (χ2n) is 4.55. The lowest BCUT2D eigenvalue weighted by molar-refractivity contribution is -0.144. The maximum Gasteiger partial charge on any atom is 0.329 e. The molecule has 8 nitrogen and oxygen atoms in total. The van der Waals surface area contributed by atoms with Gasteiger partial charge in [-0.25, -0.2) is 9.59 Å². The number of carbonyl (C=O) groups is 2. The number of carboxylic acid groups (broad SMARTS) is 1. The zero-order valence-corrected chi connectivity index (χ0v) is 9.99. The lowest BCUT2D eigenvalue weighted by atomic mass is 9.97. The van der Waals surface area contributed by atoms with Gasteiger partial charge in [0.2, 0.25) is 0 Å². The van der Waals surface area contributed by atoms with Crippen molar-refractivity contribution in [3.05, 3.63) is 32.6 Å². The Bertz CT molecular complexity index is 595. The maximum absolute atomic E-state index is 11.9. The van der Waals surface area contributed by atoms with E-state index >= 15 is 0 Å². The van der Waals surface area contributed by atoms with E-state index in [4.69, 9.17) is 0 Å². The third-order valence-corrected chi connectivity index (χ3v) is 3.22. The Morgan fingerprint density at radius 3 is 2.37 bits per heavy atom. The number of aliphatic carboxylic acids is 1. The number of carboxylic acids is 1. The molecule has 1 aliphatic rings. The molecule has 1 aromatic heterocycles. The van der Waals surface area contributed by atoms with Gasteiger partial charge in [-0.2, -0.15) is 0 Å². The molecule has 1 heterocycles. The van der Waals surface area contributed by atoms with E-state index in [1.807, 2.05) is 4.98 Å². The highest BCUT2D eigenvalue weighted by Gasteiger charge is 2.42. The standard InChI is InChI=1S/C11H13N3O5/c15-7-5-6(12-10(19)13-7)8(16)14-11(9(17)18)3-1-2-4-11/h5H,1-4H2,(H,14,16)(H,17,18)(H2,12,13,15,19). The highest BCUT2D eigenvalue weighted by atomic mass is 16.4.